The molecule has 1 N–H and O–H groups in total. The molecular formula is C25H40N4O7SSi2. The Bertz CT molecular complexity index is 1250. The van der Waals surface area contributed by atoms with Crippen LogP contribution in [0.5, 0.6) is 0 Å². The van der Waals surface area contributed by atoms with Crippen LogP contribution < -0.4 is 11.2 Å². The van der Waals surface area contributed by atoms with Crippen LogP contribution in [-0.4, -0.2) is 66.3 Å². The Morgan fingerprint density at radius 1 is 1.05 bits per heavy atom. The molecule has 0 aliphatic carbocycles. The number of rotatable bonds is 6. The lowest BCUT2D eigenvalue weighted by Crippen LogP contribution is -2.66. The molecular weight excluding hydrogens is 557 g/mol. The van der Waals surface area contributed by atoms with Crippen molar-refractivity contribution in [1.82, 2.24) is 19.1 Å². The summed E-state index contributed by atoms with van der Waals surface area (Å²) < 4.78 is 37.0. The van der Waals surface area contributed by atoms with Crippen molar-refractivity contribution in [3.8, 4) is 0 Å². The molecule has 0 amide bonds. The van der Waals surface area contributed by atoms with Gasteiger partial charge in [0.25, 0.3) is 10.7 Å². The maximum Gasteiger partial charge on any atom is 0.335 e. The molecule has 0 saturated carbocycles. The molecule has 4 rings (SSSR count). The van der Waals surface area contributed by atoms with Gasteiger partial charge in [-0.25, -0.2) is 9.78 Å². The highest BCUT2D eigenvalue weighted by Crippen LogP contribution is 2.48. The molecule has 0 radical (unpaired) electrons. The largest absolute Gasteiger partial charge is 0.459 e. The van der Waals surface area contributed by atoms with Crippen molar-refractivity contribution in [2.75, 3.05) is 6.61 Å². The number of ether oxygens (including phenoxy) is 2. The van der Waals surface area contributed by atoms with Crippen LogP contribution in [0.25, 0.3) is 0 Å². The summed E-state index contributed by atoms with van der Waals surface area (Å²) >= 11 is 5.59. The van der Waals surface area contributed by atoms with Crippen LogP contribution in [0, 0.1) is 0 Å². The lowest BCUT2D eigenvalue weighted by Gasteiger charge is -2.51. The topological polar surface area (TPSA) is 119 Å². The van der Waals surface area contributed by atoms with Gasteiger partial charge in [0.15, 0.2) is 12.3 Å². The summed E-state index contributed by atoms with van der Waals surface area (Å²) in [6, 6.07) is 1.27. The quantitative estimate of drug-likeness (QED) is 0.392. The number of H-pyrrole nitrogens is 1. The normalized spacial score (nSPS) is 26.6. The lowest BCUT2D eigenvalue weighted by atomic mass is 10.1. The number of hydrogen-bond acceptors (Lipinski definition) is 9. The van der Waals surface area contributed by atoms with Gasteiger partial charge in [-0.2, -0.15) is 0 Å². The molecule has 2 aromatic rings. The fourth-order valence-corrected chi connectivity index (χ4v) is 17.1. The molecule has 2 fully saturated rings. The first-order valence-corrected chi connectivity index (χ1v) is 17.8. The monoisotopic (exact) mass is 596 g/mol. The summed E-state index contributed by atoms with van der Waals surface area (Å²) in [4.78, 5) is 31.1. The Kier molecular flexibility index (Phi) is 8.86. The lowest BCUT2D eigenvalue weighted by molar-refractivity contribution is -0.0594. The first-order chi connectivity index (χ1) is 18.3. The minimum Gasteiger partial charge on any atom is -0.459 e. The zero-order chi connectivity index (χ0) is 28.7. The van der Waals surface area contributed by atoms with Crippen LogP contribution in [0.3, 0.4) is 0 Å². The zero-order valence-electron chi connectivity index (χ0n) is 23.8. The van der Waals surface area contributed by atoms with E-state index in [1.165, 1.54) is 23.2 Å². The van der Waals surface area contributed by atoms with E-state index in [0.29, 0.717) is 0 Å². The summed E-state index contributed by atoms with van der Waals surface area (Å²) in [7, 11) is -5.81. The average molecular weight is 597 g/mol. The van der Waals surface area contributed by atoms with Crippen LogP contribution in [0.15, 0.2) is 40.6 Å². The first kappa shape index (κ1) is 30.0. The summed E-state index contributed by atoms with van der Waals surface area (Å²) in [5, 5.41) is 0.131. The molecule has 4 heterocycles. The smallest absolute Gasteiger partial charge is 0.335 e. The number of fused-ring (bicyclic) bond motifs is 1. The van der Waals surface area contributed by atoms with Gasteiger partial charge in [-0.15, -0.1) is 0 Å². The Hall–Kier alpha value is -1.95. The van der Waals surface area contributed by atoms with Crippen LogP contribution in [0.2, 0.25) is 22.2 Å². The highest BCUT2D eigenvalue weighted by atomic mass is 32.1. The summed E-state index contributed by atoms with van der Waals surface area (Å²) in [6.07, 6.45) is 3.21. The van der Waals surface area contributed by atoms with Crippen molar-refractivity contribution in [3.05, 3.63) is 51.8 Å². The van der Waals surface area contributed by atoms with Crippen LogP contribution in [0.4, 0.5) is 0 Å². The first-order valence-electron chi connectivity index (χ1n) is 13.5. The van der Waals surface area contributed by atoms with E-state index in [2.05, 4.69) is 65.4 Å². The third-order valence-corrected chi connectivity index (χ3v) is 18.3. The van der Waals surface area contributed by atoms with Crippen molar-refractivity contribution in [2.45, 2.75) is 102 Å². The highest BCUT2D eigenvalue weighted by molar-refractivity contribution is 7.80. The van der Waals surface area contributed by atoms with Gasteiger partial charge < -0.3 is 22.4 Å². The summed E-state index contributed by atoms with van der Waals surface area (Å²) in [6.45, 7) is 17.3. The van der Waals surface area contributed by atoms with Gasteiger partial charge in [0, 0.05) is 24.7 Å². The van der Waals surface area contributed by atoms with Crippen LogP contribution in [-0.2, 0) is 22.4 Å². The SMILES string of the molecule is CC(C)[Si]1(C(C)C)OC[C@H]2O[C@@H](n3ccc(=O)[nH]c3=O)[C@@H](OC(=S)n3ccnc3)C2O[Si](C(C)C)(C(C)C)O1. The molecule has 0 bridgehead atoms. The molecule has 2 aliphatic heterocycles. The number of aromatic nitrogens is 4. The van der Waals surface area contributed by atoms with Crippen molar-refractivity contribution < 1.29 is 22.4 Å². The fourth-order valence-electron chi connectivity index (χ4n) is 5.64. The maximum atomic E-state index is 12.9. The fraction of sp³-hybridized carbons (Fsp3) is 0.680. The third-order valence-electron chi connectivity index (χ3n) is 7.69. The predicted molar refractivity (Wildman–Crippen MR) is 154 cm³/mol. The van der Waals surface area contributed by atoms with E-state index in [1.807, 2.05) is 0 Å². The summed E-state index contributed by atoms with van der Waals surface area (Å²) in [5.74, 6) is 0. The van der Waals surface area contributed by atoms with Crippen molar-refractivity contribution in [3.63, 3.8) is 0 Å². The molecule has 216 valence electrons. The second-order valence-corrected chi connectivity index (χ2v) is 20.7. The molecule has 0 spiro atoms. The van der Waals surface area contributed by atoms with Gasteiger partial charge in [-0.1, -0.05) is 55.4 Å². The van der Waals surface area contributed by atoms with E-state index in [-0.39, 0.29) is 33.9 Å². The van der Waals surface area contributed by atoms with Gasteiger partial charge in [0.05, 0.1) is 6.61 Å². The second kappa shape index (κ2) is 11.5. The number of hydrogen-bond donors (Lipinski definition) is 1. The average Bonchev–Trinajstić information content (AvgIpc) is 3.48. The Morgan fingerprint density at radius 3 is 2.23 bits per heavy atom. The van der Waals surface area contributed by atoms with E-state index >= 15 is 0 Å². The Morgan fingerprint density at radius 2 is 1.69 bits per heavy atom. The molecule has 2 saturated heterocycles. The Labute approximate surface area is 236 Å². The van der Waals surface area contributed by atoms with E-state index in [0.717, 1.165) is 0 Å². The molecule has 39 heavy (non-hydrogen) atoms. The second-order valence-electron chi connectivity index (χ2n) is 11.5. The van der Waals surface area contributed by atoms with Gasteiger partial charge in [-0.3, -0.25) is 18.9 Å². The minimum absolute atomic E-state index is 0.0836. The van der Waals surface area contributed by atoms with Crippen LogP contribution in [0.1, 0.15) is 61.6 Å². The number of nitrogens with one attached hydrogen (secondary N) is 1. The maximum absolute atomic E-state index is 12.9. The number of imidazole rings is 1. The number of nitrogens with zero attached hydrogens (tertiary/aromatic N) is 3. The molecule has 2 aromatic heterocycles. The van der Waals surface area contributed by atoms with Crippen molar-refractivity contribution >= 4 is 34.5 Å². The number of aromatic amines is 1. The van der Waals surface area contributed by atoms with E-state index in [4.69, 9.17) is 34.7 Å². The van der Waals surface area contributed by atoms with E-state index in [9.17, 15) is 9.59 Å². The standard InChI is InChI=1S/C25H40N4O7SSi2/c1-15(2)38(16(3)4)32-13-19-21(35-39(36-38,17(5)6)18(7)8)22(34-25(37)28-12-10-26-14-28)23(33-19)29-11-9-20(30)27-24(29)31/h9-12,14-19,21-23H,13H2,1-8H3,(H,27,30,31)/t19-,21?,22+,23-/m1/s1. The molecule has 0 aromatic carbocycles. The molecule has 4 atom stereocenters. The van der Waals surface area contributed by atoms with Crippen LogP contribution >= 0.6 is 12.2 Å². The molecule has 11 nitrogen and oxygen atoms in total. The van der Waals surface area contributed by atoms with Gasteiger partial charge >= 0.3 is 22.8 Å². The van der Waals surface area contributed by atoms with Crippen molar-refractivity contribution in [1.29, 1.82) is 0 Å². The molecule has 1 unspecified atom stereocenters. The summed E-state index contributed by atoms with van der Waals surface area (Å²) in [5.41, 5.74) is -0.620. The van der Waals surface area contributed by atoms with Crippen molar-refractivity contribution in [2.24, 2.45) is 0 Å². The van der Waals surface area contributed by atoms with Gasteiger partial charge in [-0.05, 0) is 34.4 Å². The molecule has 2 aliphatic rings. The van der Waals surface area contributed by atoms with Gasteiger partial charge in [0.1, 0.15) is 18.5 Å². The highest BCUT2D eigenvalue weighted by Gasteiger charge is 2.62. The predicted octanol–water partition coefficient (Wildman–Crippen LogP) is 3.81. The van der Waals surface area contributed by atoms with Gasteiger partial charge in [0.2, 0.25) is 0 Å². The number of thiocarbonyl (C=S) groups is 1. The van der Waals surface area contributed by atoms with E-state index < -0.39 is 52.9 Å². The van der Waals surface area contributed by atoms with E-state index in [1.54, 1.807) is 17.0 Å². The molecule has 14 heteroatoms. The Balaban J connectivity index is 1.84. The zero-order valence-corrected chi connectivity index (χ0v) is 26.6. The third kappa shape index (κ3) is 5.52. The minimum atomic E-state index is -3.01.